The Hall–Kier alpha value is -0.850. The fourth-order valence-corrected chi connectivity index (χ4v) is 4.61. The number of ether oxygens (including phenoxy) is 2. The number of likely N-dealkylation sites (tertiary alicyclic amines) is 2. The lowest BCUT2D eigenvalue weighted by Crippen LogP contribution is -2.47. The highest BCUT2D eigenvalue weighted by molar-refractivity contribution is 5.79. The molecule has 3 aliphatic heterocycles. The largest absolute Gasteiger partial charge is 0.376 e. The van der Waals surface area contributed by atoms with Gasteiger partial charge in [-0.1, -0.05) is 12.8 Å². The molecular weight excluding hydrogens is 352 g/mol. The number of hydrogen-bond acceptors (Lipinski definition) is 4. The third kappa shape index (κ3) is 7.53. The molecule has 0 aromatic rings. The molecule has 0 amide bonds. The molecular formula is C22H42N4O2. The van der Waals surface area contributed by atoms with Crippen molar-refractivity contribution >= 4 is 5.96 Å². The lowest BCUT2D eigenvalue weighted by Gasteiger charge is -2.35. The Bertz CT molecular complexity index is 438. The molecule has 28 heavy (non-hydrogen) atoms. The Morgan fingerprint density at radius 2 is 1.79 bits per heavy atom. The number of piperidine rings is 1. The predicted molar refractivity (Wildman–Crippen MR) is 115 cm³/mol. The Labute approximate surface area is 172 Å². The maximum atomic E-state index is 6.14. The van der Waals surface area contributed by atoms with Crippen LogP contribution < -0.4 is 5.32 Å². The van der Waals surface area contributed by atoms with Crippen molar-refractivity contribution in [3.05, 3.63) is 0 Å². The van der Waals surface area contributed by atoms with Gasteiger partial charge >= 0.3 is 0 Å². The zero-order chi connectivity index (χ0) is 19.4. The van der Waals surface area contributed by atoms with Gasteiger partial charge in [-0.15, -0.1) is 0 Å². The minimum Gasteiger partial charge on any atom is -0.376 e. The highest BCUT2D eigenvalue weighted by atomic mass is 16.5. The first kappa shape index (κ1) is 21.8. The molecule has 3 fully saturated rings. The Kier molecular flexibility index (Phi) is 9.88. The quantitative estimate of drug-likeness (QED) is 0.409. The summed E-state index contributed by atoms with van der Waals surface area (Å²) in [6.45, 7) is 8.54. The zero-order valence-electron chi connectivity index (χ0n) is 18.0. The summed E-state index contributed by atoms with van der Waals surface area (Å²) in [5, 5.41) is 3.58. The first-order valence-electron chi connectivity index (χ1n) is 11.8. The van der Waals surface area contributed by atoms with E-state index in [1.165, 1.54) is 64.6 Å². The van der Waals surface area contributed by atoms with Crippen LogP contribution in [0.15, 0.2) is 4.99 Å². The van der Waals surface area contributed by atoms with Crippen molar-refractivity contribution < 1.29 is 9.47 Å². The van der Waals surface area contributed by atoms with Gasteiger partial charge in [0.1, 0.15) is 0 Å². The van der Waals surface area contributed by atoms with Crippen molar-refractivity contribution in [1.82, 2.24) is 15.1 Å². The second-order valence-electron chi connectivity index (χ2n) is 8.59. The minimum absolute atomic E-state index is 0.324. The second-order valence-corrected chi connectivity index (χ2v) is 8.59. The van der Waals surface area contributed by atoms with Crippen LogP contribution in [-0.4, -0.2) is 87.5 Å². The first-order chi connectivity index (χ1) is 13.8. The smallest absolute Gasteiger partial charge is 0.193 e. The van der Waals surface area contributed by atoms with Gasteiger partial charge in [0, 0.05) is 33.3 Å². The maximum Gasteiger partial charge on any atom is 0.193 e. The molecule has 1 N–H and O–H groups in total. The zero-order valence-corrected chi connectivity index (χ0v) is 18.0. The average molecular weight is 395 g/mol. The first-order valence-corrected chi connectivity index (χ1v) is 11.8. The van der Waals surface area contributed by atoms with Gasteiger partial charge in [-0.25, -0.2) is 0 Å². The summed E-state index contributed by atoms with van der Waals surface area (Å²) in [4.78, 5) is 9.54. The average Bonchev–Trinajstić information content (AvgIpc) is 3.02. The normalized spacial score (nSPS) is 26.2. The highest BCUT2D eigenvalue weighted by Crippen LogP contribution is 2.18. The fraction of sp³-hybridized carbons (Fsp3) is 0.955. The van der Waals surface area contributed by atoms with Crippen molar-refractivity contribution in [2.45, 2.75) is 76.4 Å². The minimum atomic E-state index is 0.324. The van der Waals surface area contributed by atoms with Crippen molar-refractivity contribution in [2.24, 2.45) is 4.99 Å². The van der Waals surface area contributed by atoms with Gasteiger partial charge < -0.3 is 24.6 Å². The standard InChI is InChI=1S/C22H42N4O2/c1-23-22(24-12-8-15-25-13-5-2-3-6-14-25)26-16-10-20(11-17-26)28-19-21-9-4-7-18-27-21/h20-21H,2-19H2,1H3,(H,23,24). The van der Waals surface area contributed by atoms with E-state index in [1.807, 2.05) is 7.05 Å². The van der Waals surface area contributed by atoms with Crippen LogP contribution in [0, 0.1) is 0 Å². The molecule has 0 spiro atoms. The molecule has 0 bridgehead atoms. The molecule has 162 valence electrons. The maximum absolute atomic E-state index is 6.14. The van der Waals surface area contributed by atoms with Crippen LogP contribution >= 0.6 is 0 Å². The predicted octanol–water partition coefficient (Wildman–Crippen LogP) is 2.88. The summed E-state index contributed by atoms with van der Waals surface area (Å²) < 4.78 is 11.9. The number of aliphatic imine (C=N–C) groups is 1. The van der Waals surface area contributed by atoms with Gasteiger partial charge in [-0.05, 0) is 71.0 Å². The van der Waals surface area contributed by atoms with E-state index in [1.54, 1.807) is 0 Å². The Morgan fingerprint density at radius 1 is 1.00 bits per heavy atom. The molecule has 1 unspecified atom stereocenters. The summed E-state index contributed by atoms with van der Waals surface area (Å²) in [6.07, 6.45) is 13.3. The molecule has 0 aromatic heterocycles. The van der Waals surface area contributed by atoms with Gasteiger partial charge in [0.15, 0.2) is 5.96 Å². The van der Waals surface area contributed by atoms with E-state index in [0.717, 1.165) is 58.1 Å². The third-order valence-electron chi connectivity index (χ3n) is 6.38. The van der Waals surface area contributed by atoms with E-state index in [0.29, 0.717) is 12.2 Å². The van der Waals surface area contributed by atoms with Crippen molar-refractivity contribution in [3.63, 3.8) is 0 Å². The fourth-order valence-electron chi connectivity index (χ4n) is 4.61. The van der Waals surface area contributed by atoms with Crippen LogP contribution in [0.5, 0.6) is 0 Å². The summed E-state index contributed by atoms with van der Waals surface area (Å²) in [5.74, 6) is 1.06. The molecule has 1 atom stereocenters. The monoisotopic (exact) mass is 394 g/mol. The van der Waals surface area contributed by atoms with Gasteiger partial charge in [-0.2, -0.15) is 0 Å². The SMILES string of the molecule is CN=C(NCCCN1CCCCCC1)N1CCC(OCC2CCCCO2)CC1. The van der Waals surface area contributed by atoms with Crippen molar-refractivity contribution in [3.8, 4) is 0 Å². The number of nitrogens with zero attached hydrogens (tertiary/aromatic N) is 3. The van der Waals surface area contributed by atoms with Crippen LogP contribution in [-0.2, 0) is 9.47 Å². The third-order valence-corrected chi connectivity index (χ3v) is 6.38. The van der Waals surface area contributed by atoms with Gasteiger partial charge in [0.05, 0.1) is 18.8 Å². The summed E-state index contributed by atoms with van der Waals surface area (Å²) >= 11 is 0. The van der Waals surface area contributed by atoms with Crippen molar-refractivity contribution in [1.29, 1.82) is 0 Å². The van der Waals surface area contributed by atoms with E-state index in [2.05, 4.69) is 20.1 Å². The van der Waals surface area contributed by atoms with E-state index in [-0.39, 0.29) is 0 Å². The molecule has 0 aromatic carbocycles. The van der Waals surface area contributed by atoms with Crippen LogP contribution in [0.2, 0.25) is 0 Å². The van der Waals surface area contributed by atoms with Gasteiger partial charge in [0.25, 0.3) is 0 Å². The molecule has 0 saturated carbocycles. The van der Waals surface area contributed by atoms with E-state index < -0.39 is 0 Å². The number of guanidine groups is 1. The number of hydrogen-bond donors (Lipinski definition) is 1. The van der Waals surface area contributed by atoms with Crippen LogP contribution in [0.3, 0.4) is 0 Å². The second kappa shape index (κ2) is 12.7. The molecule has 3 aliphatic rings. The Balaban J connectivity index is 1.27. The van der Waals surface area contributed by atoms with Crippen LogP contribution in [0.25, 0.3) is 0 Å². The van der Waals surface area contributed by atoms with E-state index in [4.69, 9.17) is 9.47 Å². The summed E-state index contributed by atoms with van der Waals surface area (Å²) in [7, 11) is 1.90. The highest BCUT2D eigenvalue weighted by Gasteiger charge is 2.23. The lowest BCUT2D eigenvalue weighted by atomic mass is 10.1. The topological polar surface area (TPSA) is 49.3 Å². The van der Waals surface area contributed by atoms with E-state index in [9.17, 15) is 0 Å². The molecule has 0 aliphatic carbocycles. The van der Waals surface area contributed by atoms with Gasteiger partial charge in [-0.3, -0.25) is 4.99 Å². The number of rotatable bonds is 7. The molecule has 3 rings (SSSR count). The molecule has 6 nitrogen and oxygen atoms in total. The number of nitrogens with one attached hydrogen (secondary N) is 1. The van der Waals surface area contributed by atoms with Crippen LogP contribution in [0.4, 0.5) is 0 Å². The molecule has 3 heterocycles. The molecule has 3 saturated heterocycles. The molecule has 0 radical (unpaired) electrons. The van der Waals surface area contributed by atoms with Crippen LogP contribution in [0.1, 0.15) is 64.2 Å². The summed E-state index contributed by atoms with van der Waals surface area (Å²) in [5.41, 5.74) is 0. The van der Waals surface area contributed by atoms with E-state index >= 15 is 0 Å². The van der Waals surface area contributed by atoms with Gasteiger partial charge in [0.2, 0.25) is 0 Å². The molecule has 6 heteroatoms. The Morgan fingerprint density at radius 3 is 2.46 bits per heavy atom. The summed E-state index contributed by atoms with van der Waals surface area (Å²) in [6, 6.07) is 0. The van der Waals surface area contributed by atoms with Crippen molar-refractivity contribution in [2.75, 3.05) is 59.5 Å². The lowest BCUT2D eigenvalue weighted by molar-refractivity contribution is -0.0721.